The van der Waals surface area contributed by atoms with E-state index in [1.54, 1.807) is 36.4 Å². The topological polar surface area (TPSA) is 90.8 Å². The van der Waals surface area contributed by atoms with Crippen LogP contribution in [-0.4, -0.2) is 23.2 Å². The minimum Gasteiger partial charge on any atom is -0.496 e. The van der Waals surface area contributed by atoms with Crippen molar-refractivity contribution < 1.29 is 13.9 Å². The van der Waals surface area contributed by atoms with Gasteiger partial charge in [-0.05, 0) is 54.1 Å². The zero-order valence-electron chi connectivity index (χ0n) is 15.4. The number of fused-ring (bicyclic) bond motifs is 1. The van der Waals surface area contributed by atoms with Crippen molar-refractivity contribution in [3.05, 3.63) is 77.6 Å². The van der Waals surface area contributed by atoms with E-state index in [0.29, 0.717) is 39.2 Å². The Labute approximate surface area is 165 Å². The zero-order chi connectivity index (χ0) is 20.4. The van der Waals surface area contributed by atoms with Gasteiger partial charge in [-0.1, -0.05) is 12.1 Å². The summed E-state index contributed by atoms with van der Waals surface area (Å²) < 4.78 is 19.0. The van der Waals surface area contributed by atoms with Crippen molar-refractivity contribution in [2.45, 2.75) is 0 Å². The lowest BCUT2D eigenvalue weighted by Crippen LogP contribution is -2.12. The molecule has 0 saturated carbocycles. The van der Waals surface area contributed by atoms with E-state index in [0.717, 1.165) is 5.56 Å². The van der Waals surface area contributed by atoms with Crippen molar-refractivity contribution >= 4 is 22.6 Å². The van der Waals surface area contributed by atoms with E-state index >= 15 is 0 Å². The van der Waals surface area contributed by atoms with Crippen molar-refractivity contribution in [3.8, 4) is 22.9 Å². The molecule has 0 saturated heterocycles. The molecule has 0 bridgehead atoms. The Morgan fingerprint density at radius 3 is 2.83 bits per heavy atom. The fourth-order valence-electron chi connectivity index (χ4n) is 3.10. The highest BCUT2D eigenvalue weighted by molar-refractivity contribution is 6.08. The molecule has 4 aromatic rings. The monoisotopic (exact) mass is 386 g/mol. The van der Waals surface area contributed by atoms with E-state index in [4.69, 9.17) is 10.00 Å². The van der Waals surface area contributed by atoms with Crippen LogP contribution >= 0.6 is 0 Å². The first-order valence-corrected chi connectivity index (χ1v) is 8.72. The summed E-state index contributed by atoms with van der Waals surface area (Å²) in [6.07, 6.45) is 0. The minimum absolute atomic E-state index is 0.362. The number of hydrogen-bond donors (Lipinski definition) is 2. The van der Waals surface area contributed by atoms with Gasteiger partial charge < -0.3 is 10.1 Å². The molecule has 142 valence electrons. The number of ether oxygens (including phenoxy) is 1. The van der Waals surface area contributed by atoms with E-state index in [2.05, 4.69) is 15.5 Å². The van der Waals surface area contributed by atoms with Gasteiger partial charge in [0.1, 0.15) is 11.6 Å². The first kappa shape index (κ1) is 18.2. The van der Waals surface area contributed by atoms with Gasteiger partial charge in [-0.3, -0.25) is 9.89 Å². The number of halogens is 1. The van der Waals surface area contributed by atoms with Crippen LogP contribution in [0.3, 0.4) is 0 Å². The van der Waals surface area contributed by atoms with Crippen molar-refractivity contribution in [1.82, 2.24) is 10.2 Å². The van der Waals surface area contributed by atoms with Crippen molar-refractivity contribution in [2.24, 2.45) is 0 Å². The van der Waals surface area contributed by atoms with Crippen molar-refractivity contribution in [1.29, 1.82) is 5.26 Å². The lowest BCUT2D eigenvalue weighted by atomic mass is 10.0. The number of nitrogens with one attached hydrogen (secondary N) is 2. The van der Waals surface area contributed by atoms with Gasteiger partial charge in [0, 0.05) is 16.5 Å². The normalized spacial score (nSPS) is 10.5. The smallest absolute Gasteiger partial charge is 0.256 e. The van der Waals surface area contributed by atoms with Crippen LogP contribution < -0.4 is 10.1 Å². The van der Waals surface area contributed by atoms with E-state index < -0.39 is 0 Å². The molecule has 1 heterocycles. The number of rotatable bonds is 4. The molecule has 7 heteroatoms. The lowest BCUT2D eigenvalue weighted by Gasteiger charge is -2.09. The highest BCUT2D eigenvalue weighted by Crippen LogP contribution is 2.33. The zero-order valence-corrected chi connectivity index (χ0v) is 15.4. The number of aromatic amines is 1. The van der Waals surface area contributed by atoms with Crippen LogP contribution in [0.5, 0.6) is 5.75 Å². The third-order valence-electron chi connectivity index (χ3n) is 4.52. The molecule has 0 aliphatic heterocycles. The largest absolute Gasteiger partial charge is 0.496 e. The molecule has 1 aromatic heterocycles. The highest BCUT2D eigenvalue weighted by atomic mass is 19.1. The van der Waals surface area contributed by atoms with Gasteiger partial charge in [-0.25, -0.2) is 4.39 Å². The van der Waals surface area contributed by atoms with Gasteiger partial charge in [0.05, 0.1) is 24.3 Å². The van der Waals surface area contributed by atoms with Gasteiger partial charge in [0.15, 0.2) is 5.82 Å². The fraction of sp³-hybridized carbons (Fsp3) is 0.0455. The lowest BCUT2D eigenvalue weighted by molar-refractivity contribution is 0.102. The van der Waals surface area contributed by atoms with Gasteiger partial charge >= 0.3 is 0 Å². The number of carbonyl (C=O) groups is 1. The van der Waals surface area contributed by atoms with Crippen molar-refractivity contribution in [2.75, 3.05) is 12.4 Å². The molecular weight excluding hydrogens is 371 g/mol. The summed E-state index contributed by atoms with van der Waals surface area (Å²) in [5.41, 5.74) is 2.80. The van der Waals surface area contributed by atoms with Crippen LogP contribution in [0, 0.1) is 17.1 Å². The second-order valence-electron chi connectivity index (χ2n) is 6.32. The van der Waals surface area contributed by atoms with Gasteiger partial charge in [0.2, 0.25) is 0 Å². The molecule has 0 spiro atoms. The summed E-state index contributed by atoms with van der Waals surface area (Å²) in [6, 6.07) is 18.1. The number of aromatic nitrogens is 2. The van der Waals surface area contributed by atoms with Crippen LogP contribution in [0.4, 0.5) is 10.2 Å². The number of nitriles is 1. The molecule has 29 heavy (non-hydrogen) atoms. The average Bonchev–Trinajstić information content (AvgIpc) is 3.15. The maximum Gasteiger partial charge on any atom is 0.256 e. The van der Waals surface area contributed by atoms with Gasteiger partial charge in [-0.2, -0.15) is 10.4 Å². The fourth-order valence-corrected chi connectivity index (χ4v) is 3.10. The van der Waals surface area contributed by atoms with Gasteiger partial charge in [0.25, 0.3) is 5.91 Å². The SMILES string of the molecule is COc1ccc(F)cc1-c1ccc2c(NC(=O)c3cccc(C#N)c3)n[nH]c2c1. The Bertz CT molecular complexity index is 1270. The first-order chi connectivity index (χ1) is 14.1. The third kappa shape index (κ3) is 3.51. The maximum absolute atomic E-state index is 13.7. The molecule has 1 amide bonds. The predicted octanol–water partition coefficient (Wildman–Crippen LogP) is 4.50. The molecular formula is C22H15FN4O2. The second kappa shape index (κ2) is 7.44. The quantitative estimate of drug-likeness (QED) is 0.540. The number of H-pyrrole nitrogens is 1. The number of nitrogens with zero attached hydrogens (tertiary/aromatic N) is 2. The Hall–Kier alpha value is -4.18. The standard InChI is InChI=1S/C22H15FN4O2/c1-29-20-8-6-16(23)11-18(20)14-5-7-17-19(10-14)26-27-21(17)25-22(28)15-4-2-3-13(9-15)12-24/h2-11H,1H3,(H2,25,26,27,28). The van der Waals surface area contributed by atoms with Crippen LogP contribution in [0.2, 0.25) is 0 Å². The number of hydrogen-bond acceptors (Lipinski definition) is 4. The molecule has 0 aliphatic carbocycles. The number of benzene rings is 3. The summed E-state index contributed by atoms with van der Waals surface area (Å²) >= 11 is 0. The Morgan fingerprint density at radius 2 is 2.03 bits per heavy atom. The summed E-state index contributed by atoms with van der Waals surface area (Å²) in [5.74, 6) is 0.186. The molecule has 6 nitrogen and oxygen atoms in total. The molecule has 0 unspecified atom stereocenters. The number of anilines is 1. The molecule has 0 fully saturated rings. The van der Waals surface area contributed by atoms with E-state index in [-0.39, 0.29) is 11.7 Å². The van der Waals surface area contributed by atoms with Crippen LogP contribution in [-0.2, 0) is 0 Å². The van der Waals surface area contributed by atoms with Crippen molar-refractivity contribution in [3.63, 3.8) is 0 Å². The van der Waals surface area contributed by atoms with E-state index in [9.17, 15) is 9.18 Å². The number of methoxy groups -OCH3 is 1. The Kier molecular flexibility index (Phi) is 4.67. The third-order valence-corrected chi connectivity index (χ3v) is 4.52. The molecule has 3 aromatic carbocycles. The molecule has 0 radical (unpaired) electrons. The summed E-state index contributed by atoms with van der Waals surface area (Å²) in [5, 5.41) is 19.5. The van der Waals surface area contributed by atoms with Crippen LogP contribution in [0.25, 0.3) is 22.0 Å². The molecule has 0 aliphatic rings. The molecule has 0 atom stereocenters. The molecule has 2 N–H and O–H groups in total. The second-order valence-corrected chi connectivity index (χ2v) is 6.32. The highest BCUT2D eigenvalue weighted by Gasteiger charge is 2.14. The average molecular weight is 386 g/mol. The molecule has 4 rings (SSSR count). The van der Waals surface area contributed by atoms with Crippen LogP contribution in [0.15, 0.2) is 60.7 Å². The minimum atomic E-state index is -0.369. The first-order valence-electron chi connectivity index (χ1n) is 8.72. The summed E-state index contributed by atoms with van der Waals surface area (Å²) in [6.45, 7) is 0. The maximum atomic E-state index is 13.7. The van der Waals surface area contributed by atoms with E-state index in [1.165, 1.54) is 25.3 Å². The predicted molar refractivity (Wildman–Crippen MR) is 107 cm³/mol. The van der Waals surface area contributed by atoms with Gasteiger partial charge in [-0.15, -0.1) is 0 Å². The Morgan fingerprint density at radius 1 is 1.17 bits per heavy atom. The number of carbonyl (C=O) groups excluding carboxylic acids is 1. The number of amides is 1. The summed E-state index contributed by atoms with van der Waals surface area (Å²) in [4.78, 5) is 12.5. The van der Waals surface area contributed by atoms with Crippen LogP contribution in [0.1, 0.15) is 15.9 Å². The summed E-state index contributed by atoms with van der Waals surface area (Å²) in [7, 11) is 1.53. The van der Waals surface area contributed by atoms with E-state index in [1.807, 2.05) is 12.1 Å². The Balaban J connectivity index is 1.66.